The number of amides is 2. The first-order valence-corrected chi connectivity index (χ1v) is 12.8. The van der Waals surface area contributed by atoms with E-state index in [1.54, 1.807) is 17.0 Å². The fourth-order valence-electron chi connectivity index (χ4n) is 3.34. The molecule has 0 saturated carbocycles. The van der Waals surface area contributed by atoms with Crippen LogP contribution in [-0.4, -0.2) is 34.6 Å². The fraction of sp³-hybridized carbons (Fsp3) is 0.440. The molecular weight excluding hydrogens is 463 g/mol. The lowest BCUT2D eigenvalue weighted by Crippen LogP contribution is -2.51. The third kappa shape index (κ3) is 8.02. The van der Waals surface area contributed by atoms with Crippen LogP contribution in [0.3, 0.4) is 0 Å². The summed E-state index contributed by atoms with van der Waals surface area (Å²) in [5.41, 5.74) is 3.07. The van der Waals surface area contributed by atoms with E-state index >= 15 is 0 Å². The third-order valence-corrected chi connectivity index (χ3v) is 6.87. The van der Waals surface area contributed by atoms with Gasteiger partial charge >= 0.3 is 0 Å². The Morgan fingerprint density at radius 3 is 2.47 bits per heavy atom. The summed E-state index contributed by atoms with van der Waals surface area (Å²) in [5, 5.41) is 4.21. The molecule has 0 aliphatic heterocycles. The Morgan fingerprint density at radius 1 is 1.09 bits per heavy atom. The Balaban J connectivity index is 2.15. The van der Waals surface area contributed by atoms with Crippen LogP contribution in [0.5, 0.6) is 0 Å². The second kappa shape index (κ2) is 13.1. The van der Waals surface area contributed by atoms with Gasteiger partial charge in [-0.3, -0.25) is 9.59 Å². The van der Waals surface area contributed by atoms with Crippen LogP contribution in [0.1, 0.15) is 50.3 Å². The van der Waals surface area contributed by atoms with Crippen molar-refractivity contribution in [3.8, 4) is 0 Å². The van der Waals surface area contributed by atoms with Gasteiger partial charge in [-0.15, -0.1) is 11.8 Å². The number of carbonyl (C=O) groups excluding carboxylic acids is 2. The zero-order valence-corrected chi connectivity index (χ0v) is 21.5. The minimum atomic E-state index is -0.517. The van der Waals surface area contributed by atoms with Gasteiger partial charge in [0, 0.05) is 28.4 Å². The zero-order valence-electron chi connectivity index (χ0n) is 19.2. The first kappa shape index (κ1) is 26.6. The lowest BCUT2D eigenvalue weighted by atomic mass is 10.1. The van der Waals surface area contributed by atoms with E-state index in [0.29, 0.717) is 28.8 Å². The van der Waals surface area contributed by atoms with Crippen molar-refractivity contribution in [2.45, 2.75) is 64.9 Å². The van der Waals surface area contributed by atoms with E-state index in [2.05, 4.69) is 11.4 Å². The van der Waals surface area contributed by atoms with Gasteiger partial charge in [0.1, 0.15) is 6.04 Å². The molecule has 0 radical (unpaired) electrons. The van der Waals surface area contributed by atoms with Crippen molar-refractivity contribution >= 4 is 46.8 Å². The smallest absolute Gasteiger partial charge is 0.243 e. The predicted molar refractivity (Wildman–Crippen MR) is 136 cm³/mol. The Morgan fingerprint density at radius 2 is 1.84 bits per heavy atom. The molecule has 0 spiro atoms. The molecule has 0 bridgehead atoms. The minimum Gasteiger partial charge on any atom is -0.352 e. The van der Waals surface area contributed by atoms with Crippen LogP contribution < -0.4 is 5.32 Å². The van der Waals surface area contributed by atoms with E-state index in [-0.39, 0.29) is 23.6 Å². The lowest BCUT2D eigenvalue weighted by molar-refractivity contribution is -0.139. The minimum absolute atomic E-state index is 0.0623. The molecule has 0 heterocycles. The van der Waals surface area contributed by atoms with Gasteiger partial charge in [-0.05, 0) is 49.9 Å². The van der Waals surface area contributed by atoms with Gasteiger partial charge in [-0.25, -0.2) is 0 Å². The number of thioether (sulfide) groups is 1. The number of hydrogen-bond donors (Lipinski definition) is 1. The van der Waals surface area contributed by atoms with Crippen molar-refractivity contribution < 1.29 is 9.59 Å². The molecule has 2 rings (SSSR count). The molecule has 2 atom stereocenters. The van der Waals surface area contributed by atoms with Gasteiger partial charge in [0.15, 0.2) is 0 Å². The number of nitrogens with one attached hydrogen (secondary N) is 1. The van der Waals surface area contributed by atoms with Crippen molar-refractivity contribution in [1.82, 2.24) is 10.2 Å². The first-order chi connectivity index (χ1) is 15.2. The summed E-state index contributed by atoms with van der Waals surface area (Å²) in [4.78, 5) is 28.0. The fourth-order valence-corrected chi connectivity index (χ4v) is 4.81. The summed E-state index contributed by atoms with van der Waals surface area (Å²) in [6.45, 7) is 8.37. The molecule has 0 aliphatic rings. The highest BCUT2D eigenvalue weighted by atomic mass is 35.5. The largest absolute Gasteiger partial charge is 0.352 e. The van der Waals surface area contributed by atoms with Crippen LogP contribution >= 0.6 is 35.0 Å². The van der Waals surface area contributed by atoms with Crippen molar-refractivity contribution in [3.05, 3.63) is 69.2 Å². The molecule has 4 nitrogen and oxygen atoms in total. The molecule has 174 valence electrons. The van der Waals surface area contributed by atoms with Gasteiger partial charge in [-0.2, -0.15) is 0 Å². The van der Waals surface area contributed by atoms with Gasteiger partial charge in [-0.1, -0.05) is 72.9 Å². The molecule has 0 aliphatic carbocycles. The maximum Gasteiger partial charge on any atom is 0.243 e. The van der Waals surface area contributed by atoms with Crippen LogP contribution in [0.2, 0.25) is 10.0 Å². The van der Waals surface area contributed by atoms with Crippen molar-refractivity contribution in [1.29, 1.82) is 0 Å². The average Bonchev–Trinajstić information content (AvgIpc) is 2.74. The maximum atomic E-state index is 13.3. The average molecular weight is 496 g/mol. The van der Waals surface area contributed by atoms with Crippen LogP contribution in [0.25, 0.3) is 0 Å². The topological polar surface area (TPSA) is 49.4 Å². The molecular formula is C25H32Cl2N2O2S. The highest BCUT2D eigenvalue weighted by molar-refractivity contribution is 7.99. The molecule has 0 aromatic heterocycles. The summed E-state index contributed by atoms with van der Waals surface area (Å²) in [5.74, 6) is 0.690. The monoisotopic (exact) mass is 494 g/mol. The SMILES string of the molecule is CCC(C)NC(=O)C(CC)N(Cc1cccc(C)c1)C(=O)CSCc1ccc(Cl)cc1Cl. The molecule has 0 fully saturated rings. The lowest BCUT2D eigenvalue weighted by Gasteiger charge is -2.31. The molecule has 0 saturated heterocycles. The molecule has 2 aromatic carbocycles. The number of halogens is 2. The van der Waals surface area contributed by atoms with E-state index in [1.807, 2.05) is 52.0 Å². The second-order valence-corrected chi connectivity index (χ2v) is 9.81. The second-order valence-electron chi connectivity index (χ2n) is 7.98. The molecule has 2 amide bonds. The van der Waals surface area contributed by atoms with E-state index in [9.17, 15) is 9.59 Å². The number of hydrogen-bond acceptors (Lipinski definition) is 3. The standard InChI is InChI=1S/C25H32Cl2N2O2S/c1-5-18(4)28-25(31)23(6-2)29(14-19-9-7-8-17(3)12-19)24(30)16-32-15-20-10-11-21(26)13-22(20)27/h7-13,18,23H,5-6,14-16H2,1-4H3,(H,28,31). The van der Waals surface area contributed by atoms with Gasteiger partial charge in [0.2, 0.25) is 11.8 Å². The highest BCUT2D eigenvalue weighted by Gasteiger charge is 2.29. The molecule has 2 unspecified atom stereocenters. The Hall–Kier alpha value is -1.69. The quantitative estimate of drug-likeness (QED) is 0.401. The number of benzene rings is 2. The van der Waals surface area contributed by atoms with Crippen molar-refractivity contribution in [2.24, 2.45) is 0 Å². The summed E-state index contributed by atoms with van der Waals surface area (Å²) in [6.07, 6.45) is 1.39. The van der Waals surface area contributed by atoms with Crippen LogP contribution in [-0.2, 0) is 21.9 Å². The molecule has 1 N–H and O–H groups in total. The number of rotatable bonds is 11. The normalized spacial score (nSPS) is 12.8. The number of aryl methyl sites for hydroxylation is 1. The predicted octanol–water partition coefficient (Wildman–Crippen LogP) is 6.26. The highest BCUT2D eigenvalue weighted by Crippen LogP contribution is 2.25. The van der Waals surface area contributed by atoms with Gasteiger partial charge < -0.3 is 10.2 Å². The number of carbonyl (C=O) groups is 2. The van der Waals surface area contributed by atoms with Crippen LogP contribution in [0, 0.1) is 6.92 Å². The summed E-state index contributed by atoms with van der Waals surface area (Å²) < 4.78 is 0. The summed E-state index contributed by atoms with van der Waals surface area (Å²) >= 11 is 13.7. The first-order valence-electron chi connectivity index (χ1n) is 10.9. The van der Waals surface area contributed by atoms with Crippen LogP contribution in [0.15, 0.2) is 42.5 Å². The number of nitrogens with zero attached hydrogens (tertiary/aromatic N) is 1. The van der Waals surface area contributed by atoms with Gasteiger partial charge in [0.05, 0.1) is 5.75 Å². The molecule has 32 heavy (non-hydrogen) atoms. The Bertz CT molecular complexity index is 923. The summed E-state index contributed by atoms with van der Waals surface area (Å²) in [7, 11) is 0. The zero-order chi connectivity index (χ0) is 23.7. The van der Waals surface area contributed by atoms with E-state index in [1.165, 1.54) is 11.8 Å². The van der Waals surface area contributed by atoms with Crippen molar-refractivity contribution in [3.63, 3.8) is 0 Å². The van der Waals surface area contributed by atoms with Crippen LogP contribution in [0.4, 0.5) is 0 Å². The third-order valence-electron chi connectivity index (χ3n) is 5.32. The summed E-state index contributed by atoms with van der Waals surface area (Å²) in [6, 6.07) is 13.0. The Kier molecular flexibility index (Phi) is 10.9. The van der Waals surface area contributed by atoms with Gasteiger partial charge in [0.25, 0.3) is 0 Å². The van der Waals surface area contributed by atoms with E-state index in [4.69, 9.17) is 23.2 Å². The van der Waals surface area contributed by atoms with E-state index in [0.717, 1.165) is 23.1 Å². The maximum absolute atomic E-state index is 13.3. The Labute approximate surface area is 206 Å². The molecule has 7 heteroatoms. The van der Waals surface area contributed by atoms with Crippen molar-refractivity contribution in [2.75, 3.05) is 5.75 Å². The van der Waals surface area contributed by atoms with E-state index < -0.39 is 6.04 Å². The molecule has 2 aromatic rings.